The van der Waals surface area contributed by atoms with E-state index < -0.39 is 0 Å². The molecule has 0 aliphatic carbocycles. The maximum Gasteiger partial charge on any atom is 0.246 e. The van der Waals surface area contributed by atoms with Crippen molar-refractivity contribution in [3.8, 4) is 0 Å². The Hall–Kier alpha value is -0.930. The van der Waals surface area contributed by atoms with Crippen LogP contribution in [0.25, 0.3) is 0 Å². The van der Waals surface area contributed by atoms with E-state index in [0.29, 0.717) is 26.4 Å². The molecule has 0 aliphatic rings. The normalized spacial score (nSPS) is 10.5. The predicted molar refractivity (Wildman–Crippen MR) is 90.5 cm³/mol. The average Bonchev–Trinajstić information content (AvgIpc) is 2.48. The van der Waals surface area contributed by atoms with Crippen LogP contribution in [0.1, 0.15) is 5.56 Å². The Morgan fingerprint density at radius 2 is 1.67 bits per heavy atom. The lowest BCUT2D eigenvalue weighted by Gasteiger charge is -2.25. The molecular formula is C15H11Cl4NO. The lowest BCUT2D eigenvalue weighted by Crippen LogP contribution is -2.27. The van der Waals surface area contributed by atoms with E-state index in [1.807, 2.05) is 6.92 Å². The molecule has 0 radical (unpaired) electrons. The van der Waals surface area contributed by atoms with Gasteiger partial charge in [0.1, 0.15) is 5.88 Å². The molecule has 0 unspecified atom stereocenters. The fourth-order valence-electron chi connectivity index (χ4n) is 1.89. The molecule has 2 rings (SSSR count). The van der Waals surface area contributed by atoms with Crippen LogP contribution in [0.5, 0.6) is 0 Å². The summed E-state index contributed by atoms with van der Waals surface area (Å²) in [6, 6.07) is 10.3. The summed E-state index contributed by atoms with van der Waals surface area (Å²) in [4.78, 5) is 13.7. The summed E-state index contributed by atoms with van der Waals surface area (Å²) in [6.45, 7) is 1.84. The molecule has 0 N–H and O–H groups in total. The summed E-state index contributed by atoms with van der Waals surface area (Å²) in [7, 11) is 0. The predicted octanol–water partition coefficient (Wildman–Crippen LogP) is 5.86. The maximum absolute atomic E-state index is 12.3. The van der Waals surface area contributed by atoms with Gasteiger partial charge in [0.25, 0.3) is 0 Å². The zero-order valence-electron chi connectivity index (χ0n) is 11.0. The Morgan fingerprint density at radius 1 is 1.05 bits per heavy atom. The number of carbonyl (C=O) groups excluding carboxylic acids is 1. The monoisotopic (exact) mass is 361 g/mol. The highest BCUT2D eigenvalue weighted by Crippen LogP contribution is 2.40. The lowest BCUT2D eigenvalue weighted by molar-refractivity contribution is -0.115. The third-order valence-electron chi connectivity index (χ3n) is 2.93. The highest BCUT2D eigenvalue weighted by Gasteiger charge is 2.23. The summed E-state index contributed by atoms with van der Waals surface area (Å²) >= 11 is 24.2. The molecule has 0 saturated heterocycles. The van der Waals surface area contributed by atoms with Gasteiger partial charge in [-0.15, -0.1) is 11.6 Å². The summed E-state index contributed by atoms with van der Waals surface area (Å²) < 4.78 is 0. The number of benzene rings is 2. The minimum absolute atomic E-state index is 0.191. The zero-order chi connectivity index (χ0) is 15.6. The zero-order valence-corrected chi connectivity index (χ0v) is 14.1. The second-order valence-electron chi connectivity index (χ2n) is 4.37. The summed E-state index contributed by atoms with van der Waals surface area (Å²) in [5, 5.41) is 1.35. The number of alkyl halides is 1. The molecule has 0 atom stereocenters. The highest BCUT2D eigenvalue weighted by molar-refractivity contribution is 6.41. The number of hydrogen-bond acceptors (Lipinski definition) is 1. The Morgan fingerprint density at radius 3 is 2.24 bits per heavy atom. The molecule has 0 spiro atoms. The first-order chi connectivity index (χ1) is 9.95. The molecule has 110 valence electrons. The Bertz CT molecular complexity index is 670. The first-order valence-electron chi connectivity index (χ1n) is 6.04. The standard InChI is InChI=1S/C15H11Cl4NO/c1-9-2-7-12(18)15(14(9)19)20(13(21)8-16)11-5-3-10(17)4-6-11/h2-7H,8H2,1H3. The van der Waals surface area contributed by atoms with Crippen molar-refractivity contribution in [2.75, 3.05) is 10.8 Å². The molecule has 2 aromatic rings. The van der Waals surface area contributed by atoms with Gasteiger partial charge in [-0.25, -0.2) is 0 Å². The van der Waals surface area contributed by atoms with Crippen LogP contribution in [-0.4, -0.2) is 11.8 Å². The Labute approximate surface area is 143 Å². The van der Waals surface area contributed by atoms with E-state index in [0.717, 1.165) is 5.56 Å². The molecule has 0 fully saturated rings. The van der Waals surface area contributed by atoms with E-state index >= 15 is 0 Å². The van der Waals surface area contributed by atoms with Gasteiger partial charge in [0.15, 0.2) is 0 Å². The van der Waals surface area contributed by atoms with Gasteiger partial charge >= 0.3 is 0 Å². The van der Waals surface area contributed by atoms with Crippen molar-refractivity contribution in [1.82, 2.24) is 0 Å². The summed E-state index contributed by atoms with van der Waals surface area (Å²) in [5.41, 5.74) is 1.84. The van der Waals surface area contributed by atoms with Crippen LogP contribution in [0.15, 0.2) is 36.4 Å². The molecule has 0 saturated carbocycles. The minimum Gasteiger partial charge on any atom is -0.277 e. The van der Waals surface area contributed by atoms with E-state index in [1.165, 1.54) is 4.90 Å². The van der Waals surface area contributed by atoms with Gasteiger partial charge in [-0.3, -0.25) is 9.69 Å². The molecular weight excluding hydrogens is 352 g/mol. The largest absolute Gasteiger partial charge is 0.277 e. The minimum atomic E-state index is -0.326. The van der Waals surface area contributed by atoms with Crippen LogP contribution in [0, 0.1) is 6.92 Å². The number of nitrogens with zero attached hydrogens (tertiary/aromatic N) is 1. The van der Waals surface area contributed by atoms with Crippen LogP contribution in [0.4, 0.5) is 11.4 Å². The maximum atomic E-state index is 12.3. The fourth-order valence-corrected chi connectivity index (χ4v) is 2.68. The van der Waals surface area contributed by atoms with Crippen LogP contribution in [0.3, 0.4) is 0 Å². The molecule has 0 heterocycles. The molecule has 0 aliphatic heterocycles. The second-order valence-corrected chi connectivity index (χ2v) is 5.85. The van der Waals surface area contributed by atoms with Crippen molar-refractivity contribution < 1.29 is 4.79 Å². The number of amides is 1. The van der Waals surface area contributed by atoms with Gasteiger partial charge in [-0.2, -0.15) is 0 Å². The Kier molecular flexibility index (Phi) is 5.39. The summed E-state index contributed by atoms with van der Waals surface area (Å²) in [5.74, 6) is -0.517. The van der Waals surface area contributed by atoms with E-state index in [1.54, 1.807) is 36.4 Å². The Balaban J connectivity index is 2.64. The highest BCUT2D eigenvalue weighted by atomic mass is 35.5. The van der Waals surface area contributed by atoms with Gasteiger partial charge in [-0.05, 0) is 42.8 Å². The topological polar surface area (TPSA) is 20.3 Å². The number of carbonyl (C=O) groups is 1. The molecule has 6 heteroatoms. The van der Waals surface area contributed by atoms with E-state index in [2.05, 4.69) is 0 Å². The first kappa shape index (κ1) is 16.4. The fraction of sp³-hybridized carbons (Fsp3) is 0.133. The number of aryl methyl sites for hydroxylation is 1. The molecule has 1 amide bonds. The van der Waals surface area contributed by atoms with Gasteiger partial charge < -0.3 is 0 Å². The number of hydrogen-bond donors (Lipinski definition) is 0. The van der Waals surface area contributed by atoms with Crippen molar-refractivity contribution in [3.05, 3.63) is 57.0 Å². The van der Waals surface area contributed by atoms with Crippen molar-refractivity contribution >= 4 is 63.7 Å². The van der Waals surface area contributed by atoms with E-state index in [4.69, 9.17) is 46.4 Å². The SMILES string of the molecule is Cc1ccc(Cl)c(N(C(=O)CCl)c2ccc(Cl)cc2)c1Cl. The van der Waals surface area contributed by atoms with Crippen molar-refractivity contribution in [3.63, 3.8) is 0 Å². The van der Waals surface area contributed by atoms with Crippen molar-refractivity contribution in [1.29, 1.82) is 0 Å². The third-order valence-corrected chi connectivity index (χ3v) is 4.19. The number of halogens is 4. The number of rotatable bonds is 3. The molecule has 0 bridgehead atoms. The smallest absolute Gasteiger partial charge is 0.246 e. The van der Waals surface area contributed by atoms with Crippen molar-refractivity contribution in [2.45, 2.75) is 6.92 Å². The molecule has 0 aromatic heterocycles. The lowest BCUT2D eigenvalue weighted by atomic mass is 10.1. The van der Waals surface area contributed by atoms with Gasteiger partial charge in [0.05, 0.1) is 15.7 Å². The molecule has 2 nitrogen and oxygen atoms in total. The number of anilines is 2. The first-order valence-corrected chi connectivity index (χ1v) is 7.71. The van der Waals surface area contributed by atoms with Gasteiger partial charge in [-0.1, -0.05) is 40.9 Å². The third kappa shape index (κ3) is 3.46. The van der Waals surface area contributed by atoms with Crippen LogP contribution in [0.2, 0.25) is 15.1 Å². The van der Waals surface area contributed by atoms with E-state index in [-0.39, 0.29) is 11.8 Å². The van der Waals surface area contributed by atoms with Crippen molar-refractivity contribution in [2.24, 2.45) is 0 Å². The van der Waals surface area contributed by atoms with Crippen LogP contribution in [-0.2, 0) is 4.79 Å². The van der Waals surface area contributed by atoms with Gasteiger partial charge in [0, 0.05) is 10.7 Å². The van der Waals surface area contributed by atoms with Gasteiger partial charge in [0.2, 0.25) is 5.91 Å². The molecule has 21 heavy (non-hydrogen) atoms. The van der Waals surface area contributed by atoms with Crippen LogP contribution >= 0.6 is 46.4 Å². The average molecular weight is 363 g/mol. The second kappa shape index (κ2) is 6.89. The summed E-state index contributed by atoms with van der Waals surface area (Å²) in [6.07, 6.45) is 0. The molecule has 2 aromatic carbocycles. The quantitative estimate of drug-likeness (QED) is 0.626. The van der Waals surface area contributed by atoms with E-state index in [9.17, 15) is 4.79 Å². The van der Waals surface area contributed by atoms with Crippen LogP contribution < -0.4 is 4.90 Å².